The minimum Gasteiger partial charge on any atom is -0.311 e. The van der Waals surface area contributed by atoms with Gasteiger partial charge >= 0.3 is 0 Å². The van der Waals surface area contributed by atoms with Crippen LogP contribution in [0.4, 0.5) is 0 Å². The van der Waals surface area contributed by atoms with Crippen molar-refractivity contribution < 1.29 is 4.21 Å². The summed E-state index contributed by atoms with van der Waals surface area (Å²) in [6.45, 7) is 7.51. The largest absolute Gasteiger partial charge is 0.311 e. The Hall–Kier alpha value is -1.17. The van der Waals surface area contributed by atoms with Crippen molar-refractivity contribution in [2.24, 2.45) is 7.05 Å². The van der Waals surface area contributed by atoms with Gasteiger partial charge in [0.25, 0.3) is 5.56 Å². The van der Waals surface area contributed by atoms with Crippen LogP contribution in [0.1, 0.15) is 39.3 Å². The smallest absolute Gasteiger partial charge is 0.255 e. The number of benzene rings is 1. The van der Waals surface area contributed by atoms with Crippen molar-refractivity contribution in [3.8, 4) is 0 Å². The fourth-order valence-electron chi connectivity index (χ4n) is 2.19. The summed E-state index contributed by atoms with van der Waals surface area (Å²) in [4.78, 5) is 12.5. The van der Waals surface area contributed by atoms with Crippen LogP contribution in [0.5, 0.6) is 0 Å². The zero-order valence-electron chi connectivity index (χ0n) is 13.4. The van der Waals surface area contributed by atoms with E-state index in [-0.39, 0.29) is 16.3 Å². The Kier molecular flexibility index (Phi) is 4.80. The third-order valence-electron chi connectivity index (χ3n) is 3.52. The van der Waals surface area contributed by atoms with Gasteiger partial charge in [-0.1, -0.05) is 11.6 Å². The SMILES string of the molecule is C[C@H](NS(=O)C(C)(C)C)c1cc2cc(Cl)ccc2n(C)c1=O. The Morgan fingerprint density at radius 3 is 2.50 bits per heavy atom. The molecule has 0 bridgehead atoms. The molecule has 22 heavy (non-hydrogen) atoms. The molecule has 1 heterocycles. The van der Waals surface area contributed by atoms with Crippen LogP contribution >= 0.6 is 11.6 Å². The first-order valence-corrected chi connectivity index (χ1v) is 8.61. The summed E-state index contributed by atoms with van der Waals surface area (Å²) in [5.74, 6) is 0. The van der Waals surface area contributed by atoms with E-state index in [1.54, 1.807) is 17.7 Å². The van der Waals surface area contributed by atoms with Crippen molar-refractivity contribution in [3.63, 3.8) is 0 Å². The van der Waals surface area contributed by atoms with E-state index in [9.17, 15) is 9.00 Å². The predicted molar refractivity (Wildman–Crippen MR) is 93.6 cm³/mol. The summed E-state index contributed by atoms with van der Waals surface area (Å²) in [7, 11) is 0.487. The number of pyridine rings is 1. The molecule has 2 aromatic rings. The predicted octanol–water partition coefficient (Wildman–Crippen LogP) is 3.30. The number of hydrogen-bond acceptors (Lipinski definition) is 2. The highest BCUT2D eigenvalue weighted by molar-refractivity contribution is 7.84. The minimum absolute atomic E-state index is 0.0965. The maximum atomic E-state index is 12.5. The lowest BCUT2D eigenvalue weighted by atomic mass is 10.1. The summed E-state index contributed by atoms with van der Waals surface area (Å²) in [6.07, 6.45) is 0. The van der Waals surface area contributed by atoms with Crippen LogP contribution in [-0.4, -0.2) is 13.5 Å². The fourth-order valence-corrected chi connectivity index (χ4v) is 3.17. The molecule has 4 nitrogen and oxygen atoms in total. The van der Waals surface area contributed by atoms with Crippen molar-refractivity contribution >= 4 is 33.5 Å². The van der Waals surface area contributed by atoms with Crippen LogP contribution in [0, 0.1) is 0 Å². The normalized spacial score (nSPS) is 15.0. The third-order valence-corrected chi connectivity index (χ3v) is 5.44. The van der Waals surface area contributed by atoms with Crippen LogP contribution in [-0.2, 0) is 18.0 Å². The molecule has 0 saturated carbocycles. The first-order chi connectivity index (χ1) is 10.1. The number of aryl methyl sites for hydroxylation is 1. The zero-order chi connectivity index (χ0) is 16.7. The summed E-state index contributed by atoms with van der Waals surface area (Å²) in [5.41, 5.74) is 1.30. The second kappa shape index (κ2) is 6.14. The standard InChI is InChI=1S/C16H21ClN2O2S/c1-10(18-22(21)16(2,3)4)13-9-11-8-12(17)6-7-14(11)19(5)15(13)20/h6-10,18H,1-5H3/t10-,22?/m0/s1. The van der Waals surface area contributed by atoms with Crippen molar-refractivity contribution in [2.75, 3.05) is 0 Å². The molecule has 1 unspecified atom stereocenters. The number of nitrogens with one attached hydrogen (secondary N) is 1. The van der Waals surface area contributed by atoms with Crippen LogP contribution < -0.4 is 10.3 Å². The average molecular weight is 341 g/mol. The van der Waals surface area contributed by atoms with Gasteiger partial charge in [-0.3, -0.25) is 4.79 Å². The molecule has 1 N–H and O–H groups in total. The van der Waals surface area contributed by atoms with Crippen molar-refractivity contribution in [1.29, 1.82) is 0 Å². The van der Waals surface area contributed by atoms with Crippen LogP contribution in [0.15, 0.2) is 29.1 Å². The summed E-state index contributed by atoms with van der Waals surface area (Å²) < 4.78 is 16.4. The number of halogens is 1. The Morgan fingerprint density at radius 1 is 1.27 bits per heavy atom. The number of hydrogen-bond donors (Lipinski definition) is 1. The fraction of sp³-hybridized carbons (Fsp3) is 0.438. The van der Waals surface area contributed by atoms with Crippen molar-refractivity contribution in [1.82, 2.24) is 9.29 Å². The molecule has 0 saturated heterocycles. The molecule has 0 fully saturated rings. The van der Waals surface area contributed by atoms with Gasteiger partial charge in [-0.25, -0.2) is 8.93 Å². The van der Waals surface area contributed by atoms with Crippen molar-refractivity contribution in [3.05, 3.63) is 45.2 Å². The van der Waals surface area contributed by atoms with E-state index >= 15 is 0 Å². The van der Waals surface area contributed by atoms with E-state index in [4.69, 9.17) is 11.6 Å². The number of aromatic nitrogens is 1. The molecule has 1 aromatic heterocycles. The van der Waals surface area contributed by atoms with Gasteiger partial charge in [0.05, 0.1) is 21.2 Å². The monoisotopic (exact) mass is 340 g/mol. The lowest BCUT2D eigenvalue weighted by Crippen LogP contribution is -2.37. The third kappa shape index (κ3) is 3.42. The molecular weight excluding hydrogens is 320 g/mol. The van der Waals surface area contributed by atoms with Gasteiger partial charge < -0.3 is 4.57 Å². The summed E-state index contributed by atoms with van der Waals surface area (Å²) >= 11 is 6.04. The molecule has 120 valence electrons. The Bertz CT molecular complexity index is 793. The number of fused-ring (bicyclic) bond motifs is 1. The lowest BCUT2D eigenvalue weighted by Gasteiger charge is -2.22. The van der Waals surface area contributed by atoms with E-state index in [0.29, 0.717) is 10.6 Å². The Balaban J connectivity index is 2.49. The maximum Gasteiger partial charge on any atom is 0.255 e. The highest BCUT2D eigenvalue weighted by atomic mass is 35.5. The van der Waals surface area contributed by atoms with Crippen LogP contribution in [0.25, 0.3) is 10.9 Å². The molecular formula is C16H21ClN2O2S. The van der Waals surface area contributed by atoms with E-state index in [1.807, 2.05) is 45.9 Å². The maximum absolute atomic E-state index is 12.5. The molecule has 0 spiro atoms. The zero-order valence-corrected chi connectivity index (χ0v) is 15.0. The molecule has 6 heteroatoms. The van der Waals surface area contributed by atoms with E-state index in [1.165, 1.54) is 0 Å². The second-order valence-electron chi connectivity index (χ2n) is 6.39. The minimum atomic E-state index is -1.25. The first kappa shape index (κ1) is 17.2. The quantitative estimate of drug-likeness (QED) is 0.932. The summed E-state index contributed by atoms with van der Waals surface area (Å²) in [6, 6.07) is 6.92. The Morgan fingerprint density at radius 2 is 1.91 bits per heavy atom. The molecule has 0 radical (unpaired) electrons. The van der Waals surface area contributed by atoms with Gasteiger partial charge in [0, 0.05) is 29.1 Å². The van der Waals surface area contributed by atoms with Gasteiger partial charge in [0.2, 0.25) is 0 Å². The first-order valence-electron chi connectivity index (χ1n) is 7.08. The van der Waals surface area contributed by atoms with E-state index in [2.05, 4.69) is 4.72 Å². The highest BCUT2D eigenvalue weighted by Crippen LogP contribution is 2.21. The molecule has 0 aliphatic rings. The molecule has 2 atom stereocenters. The molecule has 0 amide bonds. The van der Waals surface area contributed by atoms with Crippen LogP contribution in [0.2, 0.25) is 5.02 Å². The van der Waals surface area contributed by atoms with Gasteiger partial charge in [-0.15, -0.1) is 0 Å². The highest BCUT2D eigenvalue weighted by Gasteiger charge is 2.23. The van der Waals surface area contributed by atoms with Gasteiger partial charge in [-0.2, -0.15) is 0 Å². The van der Waals surface area contributed by atoms with Gasteiger partial charge in [-0.05, 0) is 52.0 Å². The van der Waals surface area contributed by atoms with Crippen LogP contribution in [0.3, 0.4) is 0 Å². The Labute approximate surface area is 138 Å². The average Bonchev–Trinajstić information content (AvgIpc) is 2.41. The molecule has 0 aliphatic heterocycles. The molecule has 0 aliphatic carbocycles. The van der Waals surface area contributed by atoms with Crippen molar-refractivity contribution in [2.45, 2.75) is 38.5 Å². The molecule has 1 aromatic carbocycles. The van der Waals surface area contributed by atoms with E-state index in [0.717, 1.165) is 10.9 Å². The number of nitrogens with zero attached hydrogens (tertiary/aromatic N) is 1. The van der Waals surface area contributed by atoms with Gasteiger partial charge in [0.1, 0.15) is 0 Å². The van der Waals surface area contributed by atoms with E-state index < -0.39 is 11.0 Å². The second-order valence-corrected chi connectivity index (χ2v) is 8.82. The summed E-state index contributed by atoms with van der Waals surface area (Å²) in [5, 5.41) is 1.51. The topological polar surface area (TPSA) is 51.1 Å². The molecule has 2 rings (SSSR count). The lowest BCUT2D eigenvalue weighted by molar-refractivity contribution is 0.613. The number of rotatable bonds is 3. The van der Waals surface area contributed by atoms with Gasteiger partial charge in [0.15, 0.2) is 0 Å².